The summed E-state index contributed by atoms with van der Waals surface area (Å²) in [4.78, 5) is 0. The van der Waals surface area contributed by atoms with Crippen LogP contribution >= 0.6 is 0 Å². The first-order chi connectivity index (χ1) is 20.3. The molecule has 0 amide bonds. The maximum Gasteiger partial charge on any atom is 0.142 e. The van der Waals surface area contributed by atoms with Gasteiger partial charge in [-0.1, -0.05) is 115 Å². The minimum Gasteiger partial charge on any atom is -0.456 e. The highest BCUT2D eigenvalue weighted by atomic mass is 16.3. The van der Waals surface area contributed by atoms with E-state index in [0.717, 1.165) is 24.2 Å². The summed E-state index contributed by atoms with van der Waals surface area (Å²) in [6.07, 6.45) is 6.44. The number of hydrogen-bond donors (Lipinski definition) is 0. The Labute approximate surface area is 238 Å². The van der Waals surface area contributed by atoms with E-state index in [9.17, 15) is 0 Å². The number of aryl methyl sites for hydroxylation is 1. The van der Waals surface area contributed by atoms with E-state index in [4.69, 9.17) is 4.42 Å². The van der Waals surface area contributed by atoms with Crippen molar-refractivity contribution >= 4 is 60.1 Å². The van der Waals surface area contributed by atoms with Crippen LogP contribution in [-0.4, -0.2) is 0 Å². The Bertz CT molecular complexity index is 2310. The molecule has 0 atom stereocenters. The topological polar surface area (TPSA) is 13.1 Å². The molecule has 0 aliphatic heterocycles. The van der Waals surface area contributed by atoms with Crippen molar-refractivity contribution in [1.82, 2.24) is 0 Å². The minimum atomic E-state index is 1.00. The van der Waals surface area contributed by atoms with Crippen molar-refractivity contribution in [3.05, 3.63) is 139 Å². The fraction of sp³-hybridized carbons (Fsp3) is 0.0500. The quantitative estimate of drug-likeness (QED) is 0.206. The van der Waals surface area contributed by atoms with Crippen molar-refractivity contribution in [3.63, 3.8) is 0 Å². The lowest BCUT2D eigenvalue weighted by molar-refractivity contribution is 0.598. The van der Waals surface area contributed by atoms with Crippen molar-refractivity contribution < 1.29 is 4.42 Å². The van der Waals surface area contributed by atoms with E-state index >= 15 is 0 Å². The summed E-state index contributed by atoms with van der Waals surface area (Å²) >= 11 is 0. The predicted molar refractivity (Wildman–Crippen MR) is 174 cm³/mol. The standard InChI is InChI=1S/C40H26O/c1-2-12-26-23-27(22-21-25(26)11-1)38-30-15-4-6-17-32(30)39(33-18-7-5-16-31(33)38)35-24-36-29-14-9-10-20-37(29)41-40(36)34-19-8-3-13-28(34)35/h1-8,10-13,15-24H,9,14H2. The van der Waals surface area contributed by atoms with Crippen molar-refractivity contribution in [2.75, 3.05) is 0 Å². The molecule has 0 bridgehead atoms. The van der Waals surface area contributed by atoms with Crippen molar-refractivity contribution in [2.45, 2.75) is 12.8 Å². The molecule has 0 fully saturated rings. The van der Waals surface area contributed by atoms with E-state index in [1.807, 2.05) is 0 Å². The number of rotatable bonds is 2. The first-order valence-electron chi connectivity index (χ1n) is 14.4. The second-order valence-electron chi connectivity index (χ2n) is 11.1. The minimum absolute atomic E-state index is 1.00. The van der Waals surface area contributed by atoms with Crippen LogP contribution in [-0.2, 0) is 6.42 Å². The Morgan fingerprint density at radius 2 is 1.10 bits per heavy atom. The molecular formula is C40H26O. The molecule has 1 aliphatic rings. The summed E-state index contributed by atoms with van der Waals surface area (Å²) in [5.41, 5.74) is 7.43. The Kier molecular flexibility index (Phi) is 4.80. The zero-order chi connectivity index (χ0) is 26.9. The molecule has 1 nitrogen and oxygen atoms in total. The number of hydrogen-bond acceptors (Lipinski definition) is 1. The van der Waals surface area contributed by atoms with Crippen molar-refractivity contribution in [2.24, 2.45) is 0 Å². The molecule has 1 aliphatic carbocycles. The number of furan rings is 1. The van der Waals surface area contributed by atoms with Crippen LogP contribution in [0.2, 0.25) is 0 Å². The normalized spacial score (nSPS) is 13.1. The lowest BCUT2D eigenvalue weighted by Gasteiger charge is -2.19. The second kappa shape index (κ2) is 8.68. The van der Waals surface area contributed by atoms with Gasteiger partial charge in [-0.05, 0) is 91.0 Å². The summed E-state index contributed by atoms with van der Waals surface area (Å²) in [5.74, 6) is 1.01. The zero-order valence-corrected chi connectivity index (χ0v) is 22.5. The molecule has 0 unspecified atom stereocenters. The lowest BCUT2D eigenvalue weighted by Crippen LogP contribution is -1.93. The van der Waals surface area contributed by atoms with Gasteiger partial charge in [0.15, 0.2) is 0 Å². The fourth-order valence-electron chi connectivity index (χ4n) is 7.08. The van der Waals surface area contributed by atoms with E-state index in [1.54, 1.807) is 0 Å². The zero-order valence-electron chi connectivity index (χ0n) is 22.5. The molecule has 1 heteroatoms. The van der Waals surface area contributed by atoms with Gasteiger partial charge in [0.1, 0.15) is 11.3 Å². The summed E-state index contributed by atoms with van der Waals surface area (Å²) in [6, 6.07) is 44.5. The summed E-state index contributed by atoms with van der Waals surface area (Å²) in [6.45, 7) is 0. The SMILES string of the molecule is C1=Cc2oc3c(cc(-c4c5ccccc5c(-c5ccc6ccccc6c5)c5ccccc45)c4ccccc43)c2CC1. The number of allylic oxidation sites excluding steroid dienone is 1. The van der Waals surface area contributed by atoms with Crippen LogP contribution < -0.4 is 0 Å². The fourth-order valence-corrected chi connectivity index (χ4v) is 7.08. The highest BCUT2D eigenvalue weighted by Gasteiger charge is 2.22. The summed E-state index contributed by atoms with van der Waals surface area (Å²) in [5, 5.41) is 11.3. The van der Waals surface area contributed by atoms with Gasteiger partial charge in [0.2, 0.25) is 0 Å². The average molecular weight is 523 g/mol. The van der Waals surface area contributed by atoms with Gasteiger partial charge in [-0.25, -0.2) is 0 Å². The molecule has 0 radical (unpaired) electrons. The highest BCUT2D eigenvalue weighted by Crippen LogP contribution is 2.47. The van der Waals surface area contributed by atoms with Gasteiger partial charge in [0.25, 0.3) is 0 Å². The van der Waals surface area contributed by atoms with E-state index in [2.05, 4.69) is 133 Å². The maximum atomic E-state index is 6.49. The first kappa shape index (κ1) is 22.7. The van der Waals surface area contributed by atoms with Gasteiger partial charge in [-0.3, -0.25) is 0 Å². The maximum absolute atomic E-state index is 6.49. The first-order valence-corrected chi connectivity index (χ1v) is 14.4. The van der Waals surface area contributed by atoms with E-state index in [0.29, 0.717) is 0 Å². The molecule has 0 saturated carbocycles. The lowest BCUT2D eigenvalue weighted by atomic mass is 9.83. The molecule has 8 aromatic rings. The number of fused-ring (bicyclic) bond motifs is 8. The number of benzene rings is 7. The third kappa shape index (κ3) is 3.30. The highest BCUT2D eigenvalue weighted by molar-refractivity contribution is 6.25. The second-order valence-corrected chi connectivity index (χ2v) is 11.1. The molecule has 192 valence electrons. The largest absolute Gasteiger partial charge is 0.456 e. The molecule has 0 saturated heterocycles. The molecule has 1 aromatic heterocycles. The van der Waals surface area contributed by atoms with Gasteiger partial charge in [0, 0.05) is 16.3 Å². The van der Waals surface area contributed by atoms with Crippen molar-refractivity contribution in [1.29, 1.82) is 0 Å². The van der Waals surface area contributed by atoms with E-state index in [1.165, 1.54) is 76.3 Å². The third-order valence-corrected chi connectivity index (χ3v) is 8.90. The van der Waals surface area contributed by atoms with Crippen LogP contribution in [0, 0.1) is 0 Å². The Balaban J connectivity index is 1.44. The van der Waals surface area contributed by atoms with Gasteiger partial charge < -0.3 is 4.42 Å². The molecule has 1 heterocycles. The van der Waals surface area contributed by atoms with Crippen LogP contribution in [0.5, 0.6) is 0 Å². The predicted octanol–water partition coefficient (Wildman–Crippen LogP) is 11.3. The van der Waals surface area contributed by atoms with Crippen LogP contribution in [0.1, 0.15) is 17.7 Å². The van der Waals surface area contributed by atoms with Crippen LogP contribution in [0.4, 0.5) is 0 Å². The summed E-state index contributed by atoms with van der Waals surface area (Å²) in [7, 11) is 0. The smallest absolute Gasteiger partial charge is 0.142 e. The Hall–Kier alpha value is -5.14. The van der Waals surface area contributed by atoms with Gasteiger partial charge in [0.05, 0.1) is 0 Å². The molecule has 41 heavy (non-hydrogen) atoms. The molecule has 0 spiro atoms. The van der Waals surface area contributed by atoms with Gasteiger partial charge in [-0.15, -0.1) is 0 Å². The summed E-state index contributed by atoms with van der Waals surface area (Å²) < 4.78 is 6.49. The van der Waals surface area contributed by atoms with E-state index in [-0.39, 0.29) is 0 Å². The Morgan fingerprint density at radius 1 is 0.488 bits per heavy atom. The van der Waals surface area contributed by atoms with Crippen LogP contribution in [0.3, 0.4) is 0 Å². The molecule has 0 N–H and O–H groups in total. The monoisotopic (exact) mass is 522 g/mol. The van der Waals surface area contributed by atoms with Crippen LogP contribution in [0.15, 0.2) is 132 Å². The van der Waals surface area contributed by atoms with Gasteiger partial charge in [-0.2, -0.15) is 0 Å². The van der Waals surface area contributed by atoms with Gasteiger partial charge >= 0.3 is 0 Å². The van der Waals surface area contributed by atoms with Crippen LogP contribution in [0.25, 0.3) is 82.4 Å². The third-order valence-electron chi connectivity index (χ3n) is 8.90. The Morgan fingerprint density at radius 3 is 1.83 bits per heavy atom. The molecular weight excluding hydrogens is 496 g/mol. The molecule has 7 aromatic carbocycles. The van der Waals surface area contributed by atoms with E-state index < -0.39 is 0 Å². The molecule has 9 rings (SSSR count). The average Bonchev–Trinajstić information content (AvgIpc) is 3.42. The van der Waals surface area contributed by atoms with Crippen molar-refractivity contribution in [3.8, 4) is 22.3 Å².